The van der Waals surface area contributed by atoms with E-state index in [1.54, 1.807) is 32.7 Å². The average Bonchev–Trinajstić information content (AvgIpc) is 3.13. The number of thiophene rings is 1. The van der Waals surface area contributed by atoms with E-state index in [4.69, 9.17) is 24.1 Å². The third-order valence-electron chi connectivity index (χ3n) is 3.47. The summed E-state index contributed by atoms with van der Waals surface area (Å²) in [5, 5.41) is 9.22. The number of carboxylic acids is 1. The molecule has 1 aromatic heterocycles. The summed E-state index contributed by atoms with van der Waals surface area (Å²) >= 11 is 1.77. The Morgan fingerprint density at radius 2 is 1.68 bits per heavy atom. The first kappa shape index (κ1) is 23.6. The van der Waals surface area contributed by atoms with Crippen molar-refractivity contribution in [2.75, 3.05) is 28.4 Å². The number of halogens is 3. The van der Waals surface area contributed by atoms with Crippen molar-refractivity contribution in [1.29, 1.82) is 0 Å². The number of rotatable bonds is 7. The van der Waals surface area contributed by atoms with Crippen LogP contribution in [-0.2, 0) is 17.9 Å². The molecule has 156 valence electrons. The Morgan fingerprint density at radius 3 is 2.11 bits per heavy atom. The smallest absolute Gasteiger partial charge is 0.490 e. The number of methoxy groups -OCH3 is 3. The maximum Gasteiger partial charge on any atom is 0.490 e. The predicted octanol–water partition coefficient (Wildman–Crippen LogP) is 4.04. The van der Waals surface area contributed by atoms with Crippen molar-refractivity contribution in [2.45, 2.75) is 19.3 Å². The number of ether oxygens (including phenoxy) is 3. The van der Waals surface area contributed by atoms with Gasteiger partial charge < -0.3 is 19.3 Å². The number of carbonyl (C=O) groups is 1. The Kier molecular flexibility index (Phi) is 9.07. The van der Waals surface area contributed by atoms with E-state index >= 15 is 0 Å². The van der Waals surface area contributed by atoms with E-state index < -0.39 is 12.1 Å². The zero-order valence-electron chi connectivity index (χ0n) is 15.9. The molecule has 0 aliphatic rings. The molecule has 0 radical (unpaired) electrons. The molecule has 0 amide bonds. The summed E-state index contributed by atoms with van der Waals surface area (Å²) < 4.78 is 48.0. The molecule has 0 spiro atoms. The fourth-order valence-corrected chi connectivity index (χ4v) is 3.09. The number of hydrogen-bond acceptors (Lipinski definition) is 6. The number of nitrogens with zero attached hydrogens (tertiary/aromatic N) is 1. The molecule has 2 rings (SSSR count). The van der Waals surface area contributed by atoms with Crippen LogP contribution in [0.2, 0.25) is 0 Å². The predicted molar refractivity (Wildman–Crippen MR) is 99.3 cm³/mol. The number of benzene rings is 1. The van der Waals surface area contributed by atoms with Gasteiger partial charge in [-0.25, -0.2) is 4.79 Å². The summed E-state index contributed by atoms with van der Waals surface area (Å²) in [6.45, 7) is 1.69. The summed E-state index contributed by atoms with van der Waals surface area (Å²) in [6, 6.07) is 8.15. The van der Waals surface area contributed by atoms with Crippen molar-refractivity contribution in [3.8, 4) is 17.2 Å². The van der Waals surface area contributed by atoms with Crippen molar-refractivity contribution in [2.24, 2.45) is 0 Å². The van der Waals surface area contributed by atoms with E-state index in [1.807, 2.05) is 12.1 Å². The highest BCUT2D eigenvalue weighted by atomic mass is 32.1. The SMILES string of the molecule is COc1ccc(CN(C)Cc2cccs2)c(OC)c1OC.O=C(O)C(F)(F)F. The Hall–Kier alpha value is -2.46. The van der Waals surface area contributed by atoms with Gasteiger partial charge in [-0.3, -0.25) is 4.90 Å². The van der Waals surface area contributed by atoms with Crippen LogP contribution in [0.25, 0.3) is 0 Å². The molecule has 0 saturated heterocycles. The van der Waals surface area contributed by atoms with Crippen molar-refractivity contribution < 1.29 is 37.3 Å². The van der Waals surface area contributed by atoms with Gasteiger partial charge in [0.05, 0.1) is 21.3 Å². The minimum absolute atomic E-state index is 0.641. The van der Waals surface area contributed by atoms with Crippen molar-refractivity contribution in [3.63, 3.8) is 0 Å². The quantitative estimate of drug-likeness (QED) is 0.728. The summed E-state index contributed by atoms with van der Waals surface area (Å²) in [5.74, 6) is -0.705. The van der Waals surface area contributed by atoms with Gasteiger partial charge in [-0.15, -0.1) is 11.3 Å². The third kappa shape index (κ3) is 6.93. The van der Waals surface area contributed by atoms with E-state index in [0.717, 1.165) is 24.4 Å². The zero-order valence-corrected chi connectivity index (χ0v) is 16.7. The molecular weight excluding hydrogens is 399 g/mol. The summed E-state index contributed by atoms with van der Waals surface area (Å²) in [5.41, 5.74) is 1.08. The van der Waals surface area contributed by atoms with Crippen LogP contribution in [0.3, 0.4) is 0 Å². The molecule has 0 aliphatic heterocycles. The van der Waals surface area contributed by atoms with Crippen molar-refractivity contribution in [1.82, 2.24) is 4.90 Å². The van der Waals surface area contributed by atoms with Crippen LogP contribution in [0.4, 0.5) is 13.2 Å². The third-order valence-corrected chi connectivity index (χ3v) is 4.34. The minimum atomic E-state index is -5.08. The lowest BCUT2D eigenvalue weighted by Gasteiger charge is -2.20. The highest BCUT2D eigenvalue weighted by Gasteiger charge is 2.38. The van der Waals surface area contributed by atoms with Gasteiger partial charge in [0.2, 0.25) is 5.75 Å². The second kappa shape index (κ2) is 10.8. The van der Waals surface area contributed by atoms with E-state index in [0.29, 0.717) is 11.5 Å². The van der Waals surface area contributed by atoms with Crippen LogP contribution in [0.15, 0.2) is 29.6 Å². The lowest BCUT2D eigenvalue weighted by molar-refractivity contribution is -0.192. The first-order chi connectivity index (χ1) is 13.1. The Balaban J connectivity index is 0.000000480. The van der Waals surface area contributed by atoms with Gasteiger partial charge >= 0.3 is 12.1 Å². The van der Waals surface area contributed by atoms with Gasteiger partial charge in [0.1, 0.15) is 0 Å². The lowest BCUT2D eigenvalue weighted by Crippen LogP contribution is -2.21. The molecule has 0 aliphatic carbocycles. The Bertz CT molecular complexity index is 750. The van der Waals surface area contributed by atoms with Crippen LogP contribution in [-0.4, -0.2) is 50.5 Å². The topological polar surface area (TPSA) is 68.2 Å². The first-order valence-corrected chi connectivity index (χ1v) is 8.80. The Morgan fingerprint density at radius 1 is 1.07 bits per heavy atom. The van der Waals surface area contributed by atoms with E-state index in [1.165, 1.54) is 4.88 Å². The minimum Gasteiger partial charge on any atom is -0.493 e. The fraction of sp³-hybridized carbons (Fsp3) is 0.389. The standard InChI is InChI=1S/C16H21NO3S.C2HF3O2/c1-17(11-13-6-5-9-21-13)10-12-7-8-14(18-2)16(20-4)15(12)19-3;3-2(4,5)1(6)7/h5-9H,10-11H2,1-4H3;(H,6,7). The van der Waals surface area contributed by atoms with Gasteiger partial charge in [0.25, 0.3) is 0 Å². The average molecular weight is 421 g/mol. The molecule has 28 heavy (non-hydrogen) atoms. The number of aliphatic carboxylic acids is 1. The highest BCUT2D eigenvalue weighted by Crippen LogP contribution is 2.40. The zero-order chi connectivity index (χ0) is 21.3. The van der Waals surface area contributed by atoms with Crippen molar-refractivity contribution >= 4 is 17.3 Å². The maximum absolute atomic E-state index is 10.6. The molecule has 1 N–H and O–H groups in total. The Labute approximate surface area is 165 Å². The monoisotopic (exact) mass is 421 g/mol. The highest BCUT2D eigenvalue weighted by molar-refractivity contribution is 7.09. The maximum atomic E-state index is 10.6. The second-order valence-electron chi connectivity index (χ2n) is 5.55. The van der Waals surface area contributed by atoms with Crippen LogP contribution >= 0.6 is 11.3 Å². The fourth-order valence-electron chi connectivity index (χ4n) is 2.30. The number of carboxylic acid groups (broad SMARTS) is 1. The molecule has 2 aromatic rings. The molecule has 0 bridgehead atoms. The summed E-state index contributed by atoms with van der Waals surface area (Å²) in [7, 11) is 7.00. The van der Waals surface area contributed by atoms with Crippen molar-refractivity contribution in [3.05, 3.63) is 40.1 Å². The van der Waals surface area contributed by atoms with Crippen LogP contribution in [0.5, 0.6) is 17.2 Å². The molecule has 10 heteroatoms. The molecular formula is C18H22F3NO5S. The van der Waals surface area contributed by atoms with Gasteiger partial charge in [-0.2, -0.15) is 13.2 Å². The molecule has 0 atom stereocenters. The van der Waals surface area contributed by atoms with Gasteiger partial charge in [-0.05, 0) is 24.6 Å². The van der Waals surface area contributed by atoms with E-state index in [9.17, 15) is 13.2 Å². The lowest BCUT2D eigenvalue weighted by atomic mass is 10.1. The number of hydrogen-bond donors (Lipinski definition) is 1. The van der Waals surface area contributed by atoms with E-state index in [2.05, 4.69) is 29.5 Å². The van der Waals surface area contributed by atoms with Gasteiger partial charge in [0, 0.05) is 23.5 Å². The van der Waals surface area contributed by atoms with Gasteiger partial charge in [0.15, 0.2) is 11.5 Å². The molecule has 1 heterocycles. The van der Waals surface area contributed by atoms with E-state index in [-0.39, 0.29) is 0 Å². The number of alkyl halides is 3. The van der Waals surface area contributed by atoms with Gasteiger partial charge in [-0.1, -0.05) is 12.1 Å². The summed E-state index contributed by atoms with van der Waals surface area (Å²) in [4.78, 5) is 12.5. The van der Waals surface area contributed by atoms with Crippen LogP contribution < -0.4 is 14.2 Å². The normalized spacial score (nSPS) is 10.9. The largest absolute Gasteiger partial charge is 0.493 e. The van der Waals surface area contributed by atoms with Crippen LogP contribution in [0, 0.1) is 0 Å². The molecule has 1 aromatic carbocycles. The second-order valence-corrected chi connectivity index (χ2v) is 6.58. The first-order valence-electron chi connectivity index (χ1n) is 7.92. The summed E-state index contributed by atoms with van der Waals surface area (Å²) in [6.07, 6.45) is -5.08. The molecule has 0 unspecified atom stereocenters. The van der Waals surface area contributed by atoms with Crippen LogP contribution in [0.1, 0.15) is 10.4 Å². The molecule has 0 fully saturated rings. The molecule has 6 nitrogen and oxygen atoms in total. The molecule has 0 saturated carbocycles.